The maximum absolute atomic E-state index is 10.9. The van der Waals surface area contributed by atoms with Gasteiger partial charge in [0.2, 0.25) is 0 Å². The predicted molar refractivity (Wildman–Crippen MR) is 40.1 cm³/mol. The van der Waals surface area contributed by atoms with Crippen molar-refractivity contribution in [3.05, 3.63) is 11.3 Å². The maximum atomic E-state index is 10.9. The van der Waals surface area contributed by atoms with E-state index in [0.717, 1.165) is 0 Å². The summed E-state index contributed by atoms with van der Waals surface area (Å²) in [7, 11) is 1.32. The fraction of sp³-hybridized carbons (Fsp3) is 0.625. The Morgan fingerprint density at radius 3 is 2.64 bits per heavy atom. The minimum Gasteiger partial charge on any atom is -0.512 e. The van der Waals surface area contributed by atoms with E-state index in [2.05, 4.69) is 4.74 Å². The van der Waals surface area contributed by atoms with Crippen molar-refractivity contribution in [2.75, 3.05) is 7.11 Å². The molecule has 11 heavy (non-hydrogen) atoms. The maximum Gasteiger partial charge on any atom is 0.337 e. The van der Waals surface area contributed by atoms with Gasteiger partial charge in [-0.25, -0.2) is 4.79 Å². The van der Waals surface area contributed by atoms with Gasteiger partial charge in [-0.1, -0.05) is 6.92 Å². The molecule has 0 heterocycles. The highest BCUT2D eigenvalue weighted by atomic mass is 16.5. The molecule has 0 bridgehead atoms. The second kappa shape index (κ2) is 2.95. The molecule has 1 aliphatic carbocycles. The minimum atomic E-state index is -0.396. The van der Waals surface area contributed by atoms with Crippen molar-refractivity contribution in [1.82, 2.24) is 0 Å². The van der Waals surface area contributed by atoms with Crippen LogP contribution in [0.3, 0.4) is 0 Å². The molecule has 0 amide bonds. The summed E-state index contributed by atoms with van der Waals surface area (Å²) >= 11 is 0. The van der Waals surface area contributed by atoms with E-state index in [4.69, 9.17) is 0 Å². The summed E-state index contributed by atoms with van der Waals surface area (Å²) in [4.78, 5) is 10.9. The largest absolute Gasteiger partial charge is 0.512 e. The van der Waals surface area contributed by atoms with Crippen molar-refractivity contribution < 1.29 is 14.6 Å². The number of rotatable bonds is 1. The molecule has 0 saturated heterocycles. The number of carbonyl (C=O) groups is 1. The Balaban J connectivity index is 2.72. The molecule has 0 saturated carbocycles. The van der Waals surface area contributed by atoms with E-state index in [1.807, 2.05) is 6.92 Å². The predicted octanol–water partition coefficient (Wildman–Crippen LogP) is 1.40. The normalized spacial score (nSPS) is 24.0. The summed E-state index contributed by atoms with van der Waals surface area (Å²) in [6.07, 6.45) is 1.24. The number of carbonyl (C=O) groups excluding carboxylic acids is 1. The average Bonchev–Trinajstić information content (AvgIpc) is 2.28. The van der Waals surface area contributed by atoms with E-state index in [0.29, 0.717) is 24.3 Å². The lowest BCUT2D eigenvalue weighted by Crippen LogP contribution is -2.04. The van der Waals surface area contributed by atoms with Crippen LogP contribution < -0.4 is 0 Å². The number of hydrogen-bond acceptors (Lipinski definition) is 3. The number of ether oxygens (including phenoxy) is 1. The van der Waals surface area contributed by atoms with E-state index < -0.39 is 5.97 Å². The Bertz CT molecular complexity index is 205. The number of allylic oxidation sites excluding steroid dienone is 1. The quantitative estimate of drug-likeness (QED) is 0.584. The molecule has 0 aromatic carbocycles. The third-order valence-corrected chi connectivity index (χ3v) is 1.87. The van der Waals surface area contributed by atoms with E-state index in [1.54, 1.807) is 0 Å². The summed E-state index contributed by atoms with van der Waals surface area (Å²) in [5, 5.41) is 9.24. The summed E-state index contributed by atoms with van der Waals surface area (Å²) < 4.78 is 4.50. The van der Waals surface area contributed by atoms with Crippen LogP contribution in [-0.2, 0) is 9.53 Å². The standard InChI is InChI=1S/C8H12O3/c1-5-3-6(7(9)4-5)8(10)11-2/h5,9H,3-4H2,1-2H3/t5-/m1/s1. The van der Waals surface area contributed by atoms with Gasteiger partial charge in [-0.2, -0.15) is 0 Å². The van der Waals surface area contributed by atoms with Gasteiger partial charge >= 0.3 is 5.97 Å². The van der Waals surface area contributed by atoms with Crippen LogP contribution in [0.1, 0.15) is 19.8 Å². The average molecular weight is 156 g/mol. The first kappa shape index (κ1) is 8.11. The number of esters is 1. The molecule has 62 valence electrons. The van der Waals surface area contributed by atoms with E-state index in [1.165, 1.54) is 7.11 Å². The molecule has 0 unspecified atom stereocenters. The lowest BCUT2D eigenvalue weighted by Gasteiger charge is -1.99. The van der Waals surface area contributed by atoms with Crippen LogP contribution in [0.4, 0.5) is 0 Å². The Hall–Kier alpha value is -0.990. The summed E-state index contributed by atoms with van der Waals surface area (Å²) in [6.45, 7) is 1.99. The van der Waals surface area contributed by atoms with E-state index in [9.17, 15) is 9.90 Å². The van der Waals surface area contributed by atoms with Crippen LogP contribution in [-0.4, -0.2) is 18.2 Å². The van der Waals surface area contributed by atoms with Crippen LogP contribution in [0.15, 0.2) is 11.3 Å². The summed E-state index contributed by atoms with van der Waals surface area (Å²) in [5.41, 5.74) is 0.444. The summed E-state index contributed by atoms with van der Waals surface area (Å²) in [6, 6.07) is 0. The fourth-order valence-corrected chi connectivity index (χ4v) is 1.32. The van der Waals surface area contributed by atoms with Gasteiger partial charge in [0, 0.05) is 6.42 Å². The molecular weight excluding hydrogens is 144 g/mol. The smallest absolute Gasteiger partial charge is 0.337 e. The molecule has 0 spiro atoms. The monoisotopic (exact) mass is 156 g/mol. The van der Waals surface area contributed by atoms with Crippen LogP contribution in [0, 0.1) is 5.92 Å². The fourth-order valence-electron chi connectivity index (χ4n) is 1.32. The van der Waals surface area contributed by atoms with Crippen LogP contribution in [0.5, 0.6) is 0 Å². The molecule has 1 atom stereocenters. The molecule has 1 N–H and O–H groups in total. The topological polar surface area (TPSA) is 46.5 Å². The molecule has 1 rings (SSSR count). The van der Waals surface area contributed by atoms with Gasteiger partial charge in [-0.15, -0.1) is 0 Å². The third-order valence-electron chi connectivity index (χ3n) is 1.87. The van der Waals surface area contributed by atoms with Gasteiger partial charge in [0.05, 0.1) is 12.7 Å². The van der Waals surface area contributed by atoms with E-state index >= 15 is 0 Å². The summed E-state index contributed by atoms with van der Waals surface area (Å²) in [5.74, 6) is 0.167. The van der Waals surface area contributed by atoms with Gasteiger partial charge < -0.3 is 9.84 Å². The SMILES string of the molecule is COC(=O)C1=C(O)C[C@H](C)C1. The lowest BCUT2D eigenvalue weighted by molar-refractivity contribution is -0.136. The highest BCUT2D eigenvalue weighted by molar-refractivity contribution is 5.89. The molecule has 0 fully saturated rings. The molecule has 0 radical (unpaired) electrons. The first-order valence-corrected chi connectivity index (χ1v) is 3.64. The van der Waals surface area contributed by atoms with Crippen molar-refractivity contribution >= 4 is 5.97 Å². The second-order valence-electron chi connectivity index (χ2n) is 2.93. The van der Waals surface area contributed by atoms with Gasteiger partial charge in [0.15, 0.2) is 0 Å². The Morgan fingerprint density at radius 2 is 2.27 bits per heavy atom. The van der Waals surface area contributed by atoms with Gasteiger partial charge in [0.25, 0.3) is 0 Å². The number of aliphatic hydroxyl groups is 1. The molecular formula is C8H12O3. The van der Waals surface area contributed by atoms with Crippen LogP contribution >= 0.6 is 0 Å². The highest BCUT2D eigenvalue weighted by Gasteiger charge is 2.25. The molecule has 1 aliphatic rings. The lowest BCUT2D eigenvalue weighted by atomic mass is 10.1. The first-order valence-electron chi connectivity index (χ1n) is 3.64. The van der Waals surface area contributed by atoms with Crippen molar-refractivity contribution in [2.45, 2.75) is 19.8 Å². The Kier molecular flexibility index (Phi) is 2.17. The molecule has 0 aromatic heterocycles. The van der Waals surface area contributed by atoms with Crippen molar-refractivity contribution in [2.24, 2.45) is 5.92 Å². The molecule has 0 aliphatic heterocycles. The Labute approximate surface area is 65.7 Å². The zero-order valence-corrected chi connectivity index (χ0v) is 6.76. The van der Waals surface area contributed by atoms with E-state index in [-0.39, 0.29) is 5.76 Å². The van der Waals surface area contributed by atoms with Crippen molar-refractivity contribution in [3.63, 3.8) is 0 Å². The highest BCUT2D eigenvalue weighted by Crippen LogP contribution is 2.29. The van der Waals surface area contributed by atoms with Gasteiger partial charge in [-0.3, -0.25) is 0 Å². The zero-order valence-electron chi connectivity index (χ0n) is 6.76. The minimum absolute atomic E-state index is 0.198. The van der Waals surface area contributed by atoms with Gasteiger partial charge in [-0.05, 0) is 12.3 Å². The molecule has 3 nitrogen and oxygen atoms in total. The van der Waals surface area contributed by atoms with Crippen molar-refractivity contribution in [3.8, 4) is 0 Å². The van der Waals surface area contributed by atoms with Crippen LogP contribution in [0.25, 0.3) is 0 Å². The van der Waals surface area contributed by atoms with Gasteiger partial charge in [0.1, 0.15) is 5.76 Å². The number of hydrogen-bond donors (Lipinski definition) is 1. The zero-order chi connectivity index (χ0) is 8.43. The second-order valence-corrected chi connectivity index (χ2v) is 2.93. The third kappa shape index (κ3) is 1.53. The number of aliphatic hydroxyl groups excluding tert-OH is 1. The molecule has 3 heteroatoms. The Morgan fingerprint density at radius 1 is 1.64 bits per heavy atom. The molecule has 0 aromatic rings. The number of methoxy groups -OCH3 is 1. The van der Waals surface area contributed by atoms with Crippen LogP contribution in [0.2, 0.25) is 0 Å². The van der Waals surface area contributed by atoms with Crippen molar-refractivity contribution in [1.29, 1.82) is 0 Å². The first-order chi connectivity index (χ1) is 5.15.